The van der Waals surface area contributed by atoms with Gasteiger partial charge in [0, 0.05) is 18.9 Å². The first-order valence-electron chi connectivity index (χ1n) is 6.16. The van der Waals surface area contributed by atoms with Gasteiger partial charge in [-0.15, -0.1) is 0 Å². The van der Waals surface area contributed by atoms with E-state index in [1.807, 2.05) is 0 Å². The first-order valence-corrected chi connectivity index (χ1v) is 9.28. The van der Waals surface area contributed by atoms with Crippen LogP contribution in [0.3, 0.4) is 0 Å². The number of carbonyl (C=O) groups excluding carboxylic acids is 1. The lowest BCUT2D eigenvalue weighted by Crippen LogP contribution is -2.36. The Bertz CT molecular complexity index is 295. The van der Waals surface area contributed by atoms with E-state index in [1.54, 1.807) is 0 Å². The number of halogens is 6. The summed E-state index contributed by atoms with van der Waals surface area (Å²) in [6, 6.07) is -1.11. The maximum Gasteiger partial charge on any atom is 0.388 e. The van der Waals surface area contributed by atoms with Crippen molar-refractivity contribution in [1.82, 2.24) is 0 Å². The number of ether oxygens (including phenoxy) is 1. The highest BCUT2D eigenvalue weighted by atomic mass is 28.3. The van der Waals surface area contributed by atoms with Crippen molar-refractivity contribution in [2.24, 2.45) is 0 Å². The second kappa shape index (κ2) is 7.33. The summed E-state index contributed by atoms with van der Waals surface area (Å²) in [6.07, 6.45) is -11.2. The molecule has 0 aliphatic rings. The molecule has 0 aromatic rings. The Hall–Kier alpha value is -0.733. The van der Waals surface area contributed by atoms with Gasteiger partial charge in [0.2, 0.25) is 0 Å². The Kier molecular flexibility index (Phi) is 7.06. The molecule has 0 atom stereocenters. The van der Waals surface area contributed by atoms with E-state index in [0.29, 0.717) is 0 Å². The van der Waals surface area contributed by atoms with Gasteiger partial charge in [0.25, 0.3) is 0 Å². The summed E-state index contributed by atoms with van der Waals surface area (Å²) in [7, 11) is -2.98. The van der Waals surface area contributed by atoms with E-state index in [-0.39, 0.29) is 12.7 Å². The van der Waals surface area contributed by atoms with Crippen molar-refractivity contribution in [3.05, 3.63) is 0 Å². The van der Waals surface area contributed by atoms with Crippen LogP contribution < -0.4 is 0 Å². The minimum atomic E-state index is -4.43. The molecule has 0 spiro atoms. The topological polar surface area (TPSA) is 26.3 Å². The van der Waals surface area contributed by atoms with Gasteiger partial charge >= 0.3 is 18.3 Å². The van der Waals surface area contributed by atoms with Gasteiger partial charge in [-0.05, 0) is 19.0 Å². The largest absolute Gasteiger partial charge is 0.466 e. The quantitative estimate of drug-likeness (QED) is 0.391. The number of hydrogen-bond acceptors (Lipinski definition) is 2. The van der Waals surface area contributed by atoms with Crippen LogP contribution in [0.15, 0.2) is 0 Å². The lowest BCUT2D eigenvalue weighted by Gasteiger charge is -2.27. The van der Waals surface area contributed by atoms with E-state index in [4.69, 9.17) is 0 Å². The van der Waals surface area contributed by atoms with Crippen LogP contribution in [-0.2, 0) is 9.53 Å². The third-order valence-electron chi connectivity index (χ3n) is 2.90. The highest BCUT2D eigenvalue weighted by Gasteiger charge is 2.39. The molecular formula is C11H18F6O2Si. The van der Waals surface area contributed by atoms with Crippen LogP contribution in [0.1, 0.15) is 19.8 Å². The van der Waals surface area contributed by atoms with Gasteiger partial charge in [0.15, 0.2) is 0 Å². The van der Waals surface area contributed by atoms with Gasteiger partial charge in [-0.25, -0.2) is 0 Å². The van der Waals surface area contributed by atoms with Crippen LogP contribution in [0.5, 0.6) is 0 Å². The highest BCUT2D eigenvalue weighted by molar-refractivity contribution is 6.81. The first-order chi connectivity index (χ1) is 8.87. The van der Waals surface area contributed by atoms with Crippen LogP contribution >= 0.6 is 0 Å². The third-order valence-corrected chi connectivity index (χ3v) is 6.96. The lowest BCUT2D eigenvalue weighted by molar-refractivity contribution is -0.141. The molecule has 0 aliphatic heterocycles. The zero-order valence-electron chi connectivity index (χ0n) is 11.3. The molecule has 0 aliphatic carbocycles. The van der Waals surface area contributed by atoms with Crippen molar-refractivity contribution < 1.29 is 35.9 Å². The predicted octanol–water partition coefficient (Wildman–Crippen LogP) is 4.53. The molecule has 0 N–H and O–H groups in total. The van der Waals surface area contributed by atoms with Crippen molar-refractivity contribution in [2.75, 3.05) is 6.61 Å². The monoisotopic (exact) mass is 324 g/mol. The summed E-state index contributed by atoms with van der Waals surface area (Å²) in [6.45, 7) is 2.98. The van der Waals surface area contributed by atoms with Gasteiger partial charge in [-0.3, -0.25) is 4.79 Å². The van der Waals surface area contributed by atoms with Crippen molar-refractivity contribution in [3.8, 4) is 0 Å². The van der Waals surface area contributed by atoms with Crippen molar-refractivity contribution in [1.29, 1.82) is 0 Å². The molecule has 0 heterocycles. The van der Waals surface area contributed by atoms with Crippen LogP contribution in [-0.4, -0.2) is 33.0 Å². The van der Waals surface area contributed by atoms with Crippen LogP contribution in [0.2, 0.25) is 24.7 Å². The molecule has 0 bridgehead atoms. The summed E-state index contributed by atoms with van der Waals surface area (Å²) in [5, 5.41) is 0. The third kappa shape index (κ3) is 10.1. The molecule has 0 aromatic carbocycles. The lowest BCUT2D eigenvalue weighted by atomic mass is 10.5. The molecule has 9 heteroatoms. The second-order valence-electron chi connectivity index (χ2n) is 5.02. The smallest absolute Gasteiger partial charge is 0.388 e. The Morgan fingerprint density at radius 2 is 1.40 bits per heavy atom. The second-order valence-corrected chi connectivity index (χ2v) is 10.00. The zero-order chi connectivity index (χ0) is 16.0. The number of esters is 1. The van der Waals surface area contributed by atoms with Gasteiger partial charge in [0.1, 0.15) is 0 Å². The summed E-state index contributed by atoms with van der Waals surface area (Å²) in [5.74, 6) is -0.717. The Morgan fingerprint density at radius 3 is 1.70 bits per heavy atom. The molecule has 0 saturated heterocycles. The van der Waals surface area contributed by atoms with Crippen LogP contribution in [0, 0.1) is 0 Å². The molecule has 0 fully saturated rings. The van der Waals surface area contributed by atoms with Gasteiger partial charge < -0.3 is 4.74 Å². The van der Waals surface area contributed by atoms with Gasteiger partial charge in [-0.2, -0.15) is 26.3 Å². The standard InChI is InChI=1S/C11H18F6O2Si/c1-3-19-9(18)8-20(2,6-4-10(12,13)14)7-5-11(15,16)17/h3-8H2,1-2H3. The highest BCUT2D eigenvalue weighted by Crippen LogP contribution is 2.34. The molecule has 0 aromatic heterocycles. The van der Waals surface area contributed by atoms with Crippen LogP contribution in [0.4, 0.5) is 26.3 Å². The maximum atomic E-state index is 12.2. The molecular weight excluding hydrogens is 306 g/mol. The van der Waals surface area contributed by atoms with Gasteiger partial charge in [0.05, 0.1) is 14.7 Å². The Morgan fingerprint density at radius 1 is 1.00 bits per heavy atom. The van der Waals surface area contributed by atoms with Crippen molar-refractivity contribution in [2.45, 2.75) is 56.8 Å². The fraction of sp³-hybridized carbons (Fsp3) is 0.909. The molecule has 0 saturated carbocycles. The van der Waals surface area contributed by atoms with E-state index in [2.05, 4.69) is 4.74 Å². The first kappa shape index (κ1) is 19.3. The average molecular weight is 324 g/mol. The average Bonchev–Trinajstić information content (AvgIpc) is 2.22. The number of rotatable bonds is 7. The van der Waals surface area contributed by atoms with Crippen molar-refractivity contribution >= 4 is 14.0 Å². The Labute approximate surface area is 114 Å². The predicted molar refractivity (Wildman–Crippen MR) is 64.0 cm³/mol. The molecule has 0 radical (unpaired) electrons. The number of alkyl halides is 6. The minimum absolute atomic E-state index is 0.0574. The van der Waals surface area contributed by atoms with E-state index >= 15 is 0 Å². The zero-order valence-corrected chi connectivity index (χ0v) is 12.3. The van der Waals surface area contributed by atoms with E-state index in [9.17, 15) is 31.1 Å². The molecule has 20 heavy (non-hydrogen) atoms. The summed E-state index contributed by atoms with van der Waals surface area (Å²) >= 11 is 0. The fourth-order valence-electron chi connectivity index (χ4n) is 1.75. The normalized spacial score (nSPS) is 13.4. The number of hydrogen-bond donors (Lipinski definition) is 0. The molecule has 2 nitrogen and oxygen atoms in total. The van der Waals surface area contributed by atoms with E-state index < -0.39 is 51.3 Å². The number of carbonyl (C=O) groups is 1. The molecule has 120 valence electrons. The van der Waals surface area contributed by atoms with Crippen molar-refractivity contribution in [3.63, 3.8) is 0 Å². The maximum absolute atomic E-state index is 12.2. The SMILES string of the molecule is CCOC(=O)C[Si](C)(CCC(F)(F)F)CCC(F)(F)F. The molecule has 0 rings (SSSR count). The Balaban J connectivity index is 4.70. The molecule has 0 amide bonds. The van der Waals surface area contributed by atoms with Gasteiger partial charge in [-0.1, -0.05) is 6.55 Å². The van der Waals surface area contributed by atoms with E-state index in [0.717, 1.165) is 0 Å². The fourth-order valence-corrected chi connectivity index (χ4v) is 4.93. The minimum Gasteiger partial charge on any atom is -0.466 e. The molecule has 0 unspecified atom stereocenters. The van der Waals surface area contributed by atoms with Crippen LogP contribution in [0.25, 0.3) is 0 Å². The van der Waals surface area contributed by atoms with E-state index in [1.165, 1.54) is 13.5 Å². The summed E-state index contributed by atoms with van der Waals surface area (Å²) in [5.41, 5.74) is 0. The summed E-state index contributed by atoms with van der Waals surface area (Å²) < 4.78 is 78.0. The summed E-state index contributed by atoms with van der Waals surface area (Å²) in [4.78, 5) is 11.4.